The number of pyridine rings is 1. The van der Waals surface area contributed by atoms with Crippen LogP contribution >= 0.6 is 0 Å². The smallest absolute Gasteiger partial charge is 0.300 e. The monoisotopic (exact) mass is 845 g/mol. The van der Waals surface area contributed by atoms with Crippen molar-refractivity contribution < 1.29 is 9.90 Å². The standard InChI is InChI=1S/C56H55N3O.C2H4O2/c1-53(2,3)32-55(7,8)34-18-22-36(23-19-34)58(37-24-20-35(21-25-37)56(9,10)33-54(4,5)6)46-31-30-39-41-26-28-43-50-44(52(60)59-47-17-12-11-16-45(47)57-51(43)59)29-27-40(49(41)50)38-14-13-15-42(46)48(38)39;1-2(3)4/h11-31H,32-33H2,1-10H3;1H3,(H,3,4). The first-order valence-electron chi connectivity index (χ1n) is 22.5. The number of imidazole rings is 1. The third-order valence-corrected chi connectivity index (χ3v) is 13.0. The summed E-state index contributed by atoms with van der Waals surface area (Å²) < 4.78 is 1.79. The van der Waals surface area contributed by atoms with Gasteiger partial charge in [0.25, 0.3) is 11.5 Å². The zero-order valence-electron chi connectivity index (χ0n) is 39.1. The highest BCUT2D eigenvalue weighted by Crippen LogP contribution is 2.48. The molecule has 324 valence electrons. The molecule has 6 heteroatoms. The van der Waals surface area contributed by atoms with Crippen molar-refractivity contribution in [2.75, 3.05) is 4.90 Å². The first-order valence-corrected chi connectivity index (χ1v) is 22.5. The Hall–Kier alpha value is -6.53. The predicted octanol–water partition coefficient (Wildman–Crippen LogP) is 15.5. The molecule has 10 aromatic rings. The molecule has 8 aromatic carbocycles. The molecule has 0 spiro atoms. The summed E-state index contributed by atoms with van der Waals surface area (Å²) in [5.41, 5.74) is 8.97. The highest BCUT2D eigenvalue weighted by Gasteiger charge is 2.30. The van der Waals surface area contributed by atoms with Crippen LogP contribution in [0, 0.1) is 10.8 Å². The number of aromatic nitrogens is 2. The lowest BCUT2D eigenvalue weighted by atomic mass is 9.72. The molecule has 0 saturated carbocycles. The minimum absolute atomic E-state index is 0.0227. The summed E-state index contributed by atoms with van der Waals surface area (Å²) in [6.45, 7) is 24.5. The van der Waals surface area contributed by atoms with Crippen LogP contribution in [0.2, 0.25) is 0 Å². The van der Waals surface area contributed by atoms with Gasteiger partial charge in [-0.05, 0) is 133 Å². The zero-order valence-corrected chi connectivity index (χ0v) is 39.1. The molecule has 0 atom stereocenters. The van der Waals surface area contributed by atoms with Crippen LogP contribution in [-0.2, 0) is 15.6 Å². The average molecular weight is 846 g/mol. The number of hydrogen-bond acceptors (Lipinski definition) is 4. The van der Waals surface area contributed by atoms with Crippen molar-refractivity contribution in [1.82, 2.24) is 9.38 Å². The number of fused-ring (bicyclic) bond motifs is 6. The van der Waals surface area contributed by atoms with Crippen molar-refractivity contribution >= 4 is 93.6 Å². The van der Waals surface area contributed by atoms with Crippen LogP contribution in [0.5, 0.6) is 0 Å². The van der Waals surface area contributed by atoms with Gasteiger partial charge in [0, 0.05) is 39.8 Å². The summed E-state index contributed by atoms with van der Waals surface area (Å²) in [7, 11) is 0. The van der Waals surface area contributed by atoms with E-state index in [0.717, 1.165) is 80.2 Å². The Labute approximate surface area is 375 Å². The fourth-order valence-corrected chi connectivity index (χ4v) is 11.3. The summed E-state index contributed by atoms with van der Waals surface area (Å²) >= 11 is 0. The van der Waals surface area contributed by atoms with E-state index in [1.165, 1.54) is 32.7 Å². The SMILES string of the molecule is CC(=O)O.CC(C)(C)CC(C)(C)c1ccc(N(c2ccc(C(C)(C)CC(C)(C)C)cc2)c2ccc3c4ccc5c6c(ccc(c7cccc2c73)c46)c(=O)n2c3ccccc3nc52)cc1. The molecule has 0 unspecified atom stereocenters. The van der Waals surface area contributed by atoms with Crippen molar-refractivity contribution in [3.05, 3.63) is 149 Å². The summed E-state index contributed by atoms with van der Waals surface area (Å²) in [6, 6.07) is 46.5. The molecule has 0 aliphatic carbocycles. The summed E-state index contributed by atoms with van der Waals surface area (Å²) in [5.74, 6) is -0.833. The Morgan fingerprint density at radius 1 is 0.531 bits per heavy atom. The lowest BCUT2D eigenvalue weighted by Gasteiger charge is -2.34. The van der Waals surface area contributed by atoms with E-state index in [1.54, 1.807) is 4.40 Å². The first-order chi connectivity index (χ1) is 30.1. The largest absolute Gasteiger partial charge is 0.481 e. The van der Waals surface area contributed by atoms with Crippen molar-refractivity contribution in [3.8, 4) is 0 Å². The summed E-state index contributed by atoms with van der Waals surface area (Å²) in [4.78, 5) is 30.8. The number of nitrogens with zero attached hydrogens (tertiary/aromatic N) is 3. The van der Waals surface area contributed by atoms with Crippen molar-refractivity contribution in [3.63, 3.8) is 0 Å². The van der Waals surface area contributed by atoms with Gasteiger partial charge in [-0.3, -0.25) is 14.0 Å². The lowest BCUT2D eigenvalue weighted by Crippen LogP contribution is -2.25. The molecule has 1 N–H and O–H groups in total. The van der Waals surface area contributed by atoms with Gasteiger partial charge < -0.3 is 10.0 Å². The van der Waals surface area contributed by atoms with Gasteiger partial charge in [-0.1, -0.05) is 142 Å². The molecule has 0 saturated heterocycles. The molecule has 0 radical (unpaired) electrons. The van der Waals surface area contributed by atoms with E-state index in [4.69, 9.17) is 14.9 Å². The minimum atomic E-state index is -0.833. The fourth-order valence-electron chi connectivity index (χ4n) is 11.3. The Morgan fingerprint density at radius 3 is 1.52 bits per heavy atom. The van der Waals surface area contributed by atoms with Gasteiger partial charge in [-0.15, -0.1) is 0 Å². The molecule has 0 fully saturated rings. The second kappa shape index (κ2) is 15.0. The van der Waals surface area contributed by atoms with E-state index in [9.17, 15) is 4.79 Å². The van der Waals surface area contributed by atoms with Gasteiger partial charge in [-0.25, -0.2) is 4.98 Å². The van der Waals surface area contributed by atoms with Crippen LogP contribution in [-0.4, -0.2) is 20.5 Å². The third-order valence-electron chi connectivity index (χ3n) is 13.0. The second-order valence-electron chi connectivity index (χ2n) is 21.7. The Bertz CT molecular complexity index is 3360. The molecule has 0 amide bonds. The van der Waals surface area contributed by atoms with Crippen LogP contribution in [0.25, 0.3) is 70.5 Å². The maximum Gasteiger partial charge on any atom is 0.300 e. The molecule has 64 heavy (non-hydrogen) atoms. The number of benzene rings is 8. The number of carboxylic acids is 1. The Morgan fingerprint density at radius 2 is 0.969 bits per heavy atom. The van der Waals surface area contributed by atoms with E-state index in [2.05, 4.69) is 171 Å². The van der Waals surface area contributed by atoms with Gasteiger partial charge in [-0.2, -0.15) is 0 Å². The van der Waals surface area contributed by atoms with Gasteiger partial charge in [0.15, 0.2) is 0 Å². The average Bonchev–Trinajstić information content (AvgIpc) is 3.61. The lowest BCUT2D eigenvalue weighted by molar-refractivity contribution is -0.134. The van der Waals surface area contributed by atoms with Crippen LogP contribution < -0.4 is 10.5 Å². The molecule has 10 rings (SSSR count). The number of anilines is 3. The van der Waals surface area contributed by atoms with Gasteiger partial charge in [0.05, 0.1) is 16.7 Å². The number of carboxylic acid groups (broad SMARTS) is 1. The molecular weight excluding hydrogens is 787 g/mol. The fraction of sp³-hybridized carbons (Fsp3) is 0.293. The second-order valence-corrected chi connectivity index (χ2v) is 21.7. The van der Waals surface area contributed by atoms with Crippen LogP contribution in [0.3, 0.4) is 0 Å². The van der Waals surface area contributed by atoms with Crippen LogP contribution in [0.4, 0.5) is 17.1 Å². The van der Waals surface area contributed by atoms with E-state index in [1.807, 2.05) is 30.3 Å². The molecule has 0 aliphatic rings. The van der Waals surface area contributed by atoms with E-state index < -0.39 is 5.97 Å². The number of aliphatic carboxylic acids is 1. The van der Waals surface area contributed by atoms with E-state index >= 15 is 0 Å². The molecular formula is C58H59N3O3. The Kier molecular flexibility index (Phi) is 10.1. The van der Waals surface area contributed by atoms with E-state index in [-0.39, 0.29) is 27.2 Å². The van der Waals surface area contributed by atoms with Crippen molar-refractivity contribution in [2.24, 2.45) is 10.8 Å². The minimum Gasteiger partial charge on any atom is -0.481 e. The highest BCUT2D eigenvalue weighted by atomic mass is 16.4. The Balaban J connectivity index is 0.00000125. The van der Waals surface area contributed by atoms with Crippen LogP contribution in [0.15, 0.2) is 132 Å². The maximum absolute atomic E-state index is 14.3. The van der Waals surface area contributed by atoms with Gasteiger partial charge in [0.1, 0.15) is 5.65 Å². The topological polar surface area (TPSA) is 74.9 Å². The first kappa shape index (κ1) is 42.8. The predicted molar refractivity (Wildman–Crippen MR) is 271 cm³/mol. The normalized spacial score (nSPS) is 12.9. The van der Waals surface area contributed by atoms with Crippen LogP contribution in [0.1, 0.15) is 100 Å². The van der Waals surface area contributed by atoms with E-state index in [0.29, 0.717) is 5.65 Å². The van der Waals surface area contributed by atoms with Crippen molar-refractivity contribution in [1.29, 1.82) is 0 Å². The molecule has 2 aromatic heterocycles. The molecule has 0 bridgehead atoms. The zero-order chi connectivity index (χ0) is 45.7. The summed E-state index contributed by atoms with van der Waals surface area (Å²) in [5, 5.41) is 18.4. The quantitative estimate of drug-likeness (QED) is 0.128. The number of carbonyl (C=O) groups is 1. The number of para-hydroxylation sites is 2. The number of rotatable bonds is 7. The van der Waals surface area contributed by atoms with Crippen molar-refractivity contribution in [2.45, 2.75) is 99.8 Å². The van der Waals surface area contributed by atoms with Gasteiger partial charge >= 0.3 is 0 Å². The third kappa shape index (κ3) is 7.37. The van der Waals surface area contributed by atoms with Gasteiger partial charge in [0.2, 0.25) is 0 Å². The maximum atomic E-state index is 14.3. The summed E-state index contributed by atoms with van der Waals surface area (Å²) in [6.07, 6.45) is 2.18. The highest BCUT2D eigenvalue weighted by molar-refractivity contribution is 6.38. The molecule has 2 heterocycles. The molecule has 6 nitrogen and oxygen atoms in total. The molecule has 0 aliphatic heterocycles. The number of hydrogen-bond donors (Lipinski definition) is 1.